The predicted molar refractivity (Wildman–Crippen MR) is 130 cm³/mol. The summed E-state index contributed by atoms with van der Waals surface area (Å²) < 4.78 is 6.01. The number of aryl methyl sites for hydroxylation is 2. The standard InChI is InChI=1S/C27H35NO4S.Na/c1-16(2)27(12-11-18-7-9-19(29)10-8-18)15-22(30)24(25(31)32-27)33-23-13-17(3)21(28)14-20(23)26(4,5)6;/h7-10,13-14,16,29-30H,11-12,15,28H2,1-6H3;/q;+1/p-2/t27-;/m0./s1. The summed E-state index contributed by atoms with van der Waals surface area (Å²) in [5, 5.41) is 24.6. The summed E-state index contributed by atoms with van der Waals surface area (Å²) in [4.78, 5) is 14.1. The number of anilines is 1. The zero-order valence-corrected chi connectivity index (χ0v) is 24.1. The van der Waals surface area contributed by atoms with Gasteiger partial charge in [0.2, 0.25) is 0 Å². The van der Waals surface area contributed by atoms with E-state index in [-0.39, 0.29) is 63.7 Å². The van der Waals surface area contributed by atoms with Crippen LogP contribution in [-0.4, -0.2) is 11.6 Å². The number of hydrogen-bond donors (Lipinski definition) is 1. The molecule has 0 spiro atoms. The molecule has 178 valence electrons. The molecule has 1 heterocycles. The Morgan fingerprint density at radius 1 is 1.15 bits per heavy atom. The van der Waals surface area contributed by atoms with Crippen molar-refractivity contribution in [1.82, 2.24) is 0 Å². The SMILES string of the molecule is Cc1cc(SC2=C([O-])C[C@@](CCc3ccc([O-])cc3)(C(C)C)OC2=O)c(C(C)(C)C)cc1N.[Na+]. The minimum Gasteiger partial charge on any atom is -0.874 e. The van der Waals surface area contributed by atoms with Crippen molar-refractivity contribution < 1.29 is 49.3 Å². The first-order valence-corrected chi connectivity index (χ1v) is 12.1. The molecule has 1 aliphatic rings. The van der Waals surface area contributed by atoms with E-state index in [0.29, 0.717) is 18.5 Å². The predicted octanol–water partition coefficient (Wildman–Crippen LogP) is 1.59. The van der Waals surface area contributed by atoms with Crippen molar-refractivity contribution in [3.05, 3.63) is 63.8 Å². The Kier molecular flexibility index (Phi) is 9.25. The summed E-state index contributed by atoms with van der Waals surface area (Å²) in [6, 6.07) is 10.5. The number of thioether (sulfide) groups is 1. The van der Waals surface area contributed by atoms with Crippen LogP contribution in [-0.2, 0) is 21.4 Å². The van der Waals surface area contributed by atoms with Gasteiger partial charge in [-0.3, -0.25) is 0 Å². The van der Waals surface area contributed by atoms with Gasteiger partial charge in [0.15, 0.2) is 0 Å². The summed E-state index contributed by atoms with van der Waals surface area (Å²) in [6.45, 7) is 12.1. The molecule has 0 unspecified atom stereocenters. The monoisotopic (exact) mass is 490 g/mol. The zero-order valence-electron chi connectivity index (χ0n) is 21.3. The molecule has 0 amide bonds. The third kappa shape index (κ3) is 6.34. The van der Waals surface area contributed by atoms with Crippen molar-refractivity contribution in [2.24, 2.45) is 5.92 Å². The van der Waals surface area contributed by atoms with Crippen LogP contribution in [0.4, 0.5) is 5.69 Å². The molecule has 0 aromatic heterocycles. The zero-order chi connectivity index (χ0) is 24.6. The van der Waals surface area contributed by atoms with Crippen LogP contribution in [0.3, 0.4) is 0 Å². The van der Waals surface area contributed by atoms with E-state index in [0.717, 1.165) is 21.6 Å². The number of esters is 1. The Labute approximate surface area is 229 Å². The second-order valence-electron chi connectivity index (χ2n) is 10.2. The topological polar surface area (TPSA) is 98.4 Å². The van der Waals surface area contributed by atoms with Crippen LogP contribution in [0, 0.1) is 12.8 Å². The Hall–Kier alpha value is -1.60. The maximum atomic E-state index is 13.3. The van der Waals surface area contributed by atoms with Gasteiger partial charge < -0.3 is 20.7 Å². The van der Waals surface area contributed by atoms with E-state index in [1.54, 1.807) is 12.1 Å². The van der Waals surface area contributed by atoms with Gasteiger partial charge in [-0.15, -0.1) is 11.5 Å². The van der Waals surface area contributed by atoms with Gasteiger partial charge in [-0.1, -0.05) is 70.6 Å². The number of rotatable bonds is 6. The van der Waals surface area contributed by atoms with Crippen molar-refractivity contribution in [3.8, 4) is 5.75 Å². The minimum atomic E-state index is -0.863. The molecule has 2 aromatic carbocycles. The Bertz CT molecular complexity index is 1070. The van der Waals surface area contributed by atoms with E-state index in [9.17, 15) is 15.0 Å². The second-order valence-corrected chi connectivity index (χ2v) is 11.3. The smallest absolute Gasteiger partial charge is 0.874 e. The fourth-order valence-corrected chi connectivity index (χ4v) is 5.31. The van der Waals surface area contributed by atoms with Crippen LogP contribution < -0.4 is 45.5 Å². The van der Waals surface area contributed by atoms with Gasteiger partial charge in [0, 0.05) is 10.6 Å². The van der Waals surface area contributed by atoms with E-state index >= 15 is 0 Å². The van der Waals surface area contributed by atoms with Crippen molar-refractivity contribution in [3.63, 3.8) is 0 Å². The van der Waals surface area contributed by atoms with E-state index in [2.05, 4.69) is 20.8 Å². The molecule has 3 rings (SSSR count). The fraction of sp³-hybridized carbons (Fsp3) is 0.444. The molecule has 1 aliphatic heterocycles. The maximum absolute atomic E-state index is 13.3. The minimum absolute atomic E-state index is 0. The quantitative estimate of drug-likeness (QED) is 0.375. The van der Waals surface area contributed by atoms with E-state index < -0.39 is 11.6 Å². The van der Waals surface area contributed by atoms with E-state index in [1.165, 1.54) is 23.9 Å². The summed E-state index contributed by atoms with van der Waals surface area (Å²) in [6.07, 6.45) is 1.29. The van der Waals surface area contributed by atoms with Crippen molar-refractivity contribution in [2.45, 2.75) is 76.7 Å². The number of hydrogen-bond acceptors (Lipinski definition) is 6. The number of nitrogens with two attached hydrogens (primary N) is 1. The molecular formula is C27H33NNaO4S-. The van der Waals surface area contributed by atoms with Crippen LogP contribution in [0.5, 0.6) is 5.75 Å². The first-order valence-electron chi connectivity index (χ1n) is 11.3. The van der Waals surface area contributed by atoms with Gasteiger partial charge in [-0.05, 0) is 66.3 Å². The molecule has 0 aliphatic carbocycles. The van der Waals surface area contributed by atoms with Crippen LogP contribution in [0.15, 0.2) is 52.0 Å². The normalized spacial score (nSPS) is 18.6. The molecule has 5 nitrogen and oxygen atoms in total. The number of cyclic esters (lactones) is 1. The average molecular weight is 491 g/mol. The molecule has 1 atom stereocenters. The van der Waals surface area contributed by atoms with Gasteiger partial charge >= 0.3 is 35.5 Å². The molecule has 0 bridgehead atoms. The average Bonchev–Trinajstić information content (AvgIpc) is 2.71. The first kappa shape index (κ1) is 28.6. The Morgan fingerprint density at radius 2 is 1.76 bits per heavy atom. The van der Waals surface area contributed by atoms with Gasteiger partial charge in [0.25, 0.3) is 0 Å². The Balaban J connectivity index is 0.00000408. The van der Waals surface area contributed by atoms with Crippen LogP contribution in [0.25, 0.3) is 0 Å². The molecule has 7 heteroatoms. The third-order valence-corrected chi connectivity index (χ3v) is 7.55. The largest absolute Gasteiger partial charge is 1.00 e. The van der Waals surface area contributed by atoms with Gasteiger partial charge in [0.05, 0.1) is 4.91 Å². The maximum Gasteiger partial charge on any atom is 1.00 e. The number of carbonyl (C=O) groups is 1. The van der Waals surface area contributed by atoms with Gasteiger partial charge in [-0.25, -0.2) is 4.79 Å². The third-order valence-electron chi connectivity index (χ3n) is 6.40. The van der Waals surface area contributed by atoms with Crippen LogP contribution >= 0.6 is 11.8 Å². The molecule has 34 heavy (non-hydrogen) atoms. The van der Waals surface area contributed by atoms with Crippen molar-refractivity contribution >= 4 is 23.4 Å². The molecule has 0 fully saturated rings. The van der Waals surface area contributed by atoms with Crippen LogP contribution in [0.2, 0.25) is 0 Å². The van der Waals surface area contributed by atoms with Gasteiger partial charge in [-0.2, -0.15) is 0 Å². The first-order chi connectivity index (χ1) is 15.3. The number of benzene rings is 2. The second kappa shape index (κ2) is 11.0. The summed E-state index contributed by atoms with van der Waals surface area (Å²) in [5.74, 6) is -0.816. The van der Waals surface area contributed by atoms with Crippen LogP contribution in [0.1, 0.15) is 64.2 Å². The fourth-order valence-electron chi connectivity index (χ4n) is 4.07. The summed E-state index contributed by atoms with van der Waals surface area (Å²) >= 11 is 1.19. The van der Waals surface area contributed by atoms with Crippen molar-refractivity contribution in [1.29, 1.82) is 0 Å². The summed E-state index contributed by atoms with van der Waals surface area (Å²) in [7, 11) is 0. The van der Waals surface area contributed by atoms with E-state index in [1.807, 2.05) is 32.9 Å². The molecular weight excluding hydrogens is 457 g/mol. The van der Waals surface area contributed by atoms with E-state index in [4.69, 9.17) is 10.5 Å². The molecule has 0 saturated heterocycles. The molecule has 0 saturated carbocycles. The molecule has 0 radical (unpaired) electrons. The number of nitrogen functional groups attached to an aromatic ring is 1. The summed E-state index contributed by atoms with van der Waals surface area (Å²) in [5.41, 5.74) is 8.65. The molecule has 2 N–H and O–H groups in total. The number of carbonyl (C=O) groups excluding carboxylic acids is 1. The molecule has 2 aromatic rings. The Morgan fingerprint density at radius 3 is 2.29 bits per heavy atom. The van der Waals surface area contributed by atoms with Gasteiger partial charge in [0.1, 0.15) is 5.60 Å². The number of ether oxygens (including phenoxy) is 1. The van der Waals surface area contributed by atoms with Crippen molar-refractivity contribution in [2.75, 3.05) is 5.73 Å².